The SMILES string of the molecule is Cc1nn(CCO)cc1-c1nc2cc(S(=O)(=O)NC(C)C)ccc2n1C(C)C. The highest BCUT2D eigenvalue weighted by molar-refractivity contribution is 7.89. The topological polar surface area (TPSA) is 102 Å². The number of aliphatic hydroxyl groups is 1. The van der Waals surface area contributed by atoms with Crippen molar-refractivity contribution in [3.63, 3.8) is 0 Å². The molecule has 3 aromatic rings. The summed E-state index contributed by atoms with van der Waals surface area (Å²) < 4.78 is 31.4. The van der Waals surface area contributed by atoms with E-state index in [1.54, 1.807) is 36.7 Å². The fourth-order valence-electron chi connectivity index (χ4n) is 3.29. The zero-order valence-electron chi connectivity index (χ0n) is 16.8. The molecule has 0 aliphatic heterocycles. The van der Waals surface area contributed by atoms with Crippen LogP contribution in [0.15, 0.2) is 29.3 Å². The lowest BCUT2D eigenvalue weighted by molar-refractivity contribution is 0.269. The van der Waals surface area contributed by atoms with Crippen LogP contribution in [-0.2, 0) is 16.6 Å². The number of sulfonamides is 1. The quantitative estimate of drug-likeness (QED) is 0.629. The Bertz CT molecular complexity index is 1100. The van der Waals surface area contributed by atoms with E-state index >= 15 is 0 Å². The summed E-state index contributed by atoms with van der Waals surface area (Å²) in [6.45, 7) is 10.0. The van der Waals surface area contributed by atoms with Gasteiger partial charge >= 0.3 is 0 Å². The van der Waals surface area contributed by atoms with Crippen molar-refractivity contribution in [1.82, 2.24) is 24.1 Å². The smallest absolute Gasteiger partial charge is 0.240 e. The number of aryl methyl sites for hydroxylation is 1. The van der Waals surface area contributed by atoms with Gasteiger partial charge < -0.3 is 9.67 Å². The van der Waals surface area contributed by atoms with Crippen LogP contribution in [0.5, 0.6) is 0 Å². The second kappa shape index (κ2) is 7.65. The Balaban J connectivity index is 2.18. The van der Waals surface area contributed by atoms with Gasteiger partial charge in [0.25, 0.3) is 0 Å². The molecule has 0 bridgehead atoms. The molecule has 1 aromatic carbocycles. The molecule has 2 N–H and O–H groups in total. The number of hydrogen-bond acceptors (Lipinski definition) is 5. The molecule has 3 rings (SSSR count). The number of aromatic nitrogens is 4. The van der Waals surface area contributed by atoms with Gasteiger partial charge in [-0.15, -0.1) is 0 Å². The highest BCUT2D eigenvalue weighted by Crippen LogP contribution is 2.31. The van der Waals surface area contributed by atoms with Crippen LogP contribution in [-0.4, -0.2) is 45.5 Å². The van der Waals surface area contributed by atoms with E-state index < -0.39 is 10.0 Å². The minimum Gasteiger partial charge on any atom is -0.394 e. The molecule has 28 heavy (non-hydrogen) atoms. The van der Waals surface area contributed by atoms with E-state index in [0.29, 0.717) is 12.1 Å². The molecule has 8 nitrogen and oxygen atoms in total. The summed E-state index contributed by atoms with van der Waals surface area (Å²) in [4.78, 5) is 4.94. The van der Waals surface area contributed by atoms with Gasteiger partial charge in [-0.1, -0.05) is 0 Å². The van der Waals surface area contributed by atoms with Crippen LogP contribution in [0, 0.1) is 6.92 Å². The van der Waals surface area contributed by atoms with Crippen molar-refractivity contribution in [2.45, 2.75) is 58.1 Å². The van der Waals surface area contributed by atoms with Crippen LogP contribution in [0.2, 0.25) is 0 Å². The lowest BCUT2D eigenvalue weighted by atomic mass is 10.2. The van der Waals surface area contributed by atoms with Crippen LogP contribution in [0.25, 0.3) is 22.4 Å². The first-order valence-corrected chi connectivity index (χ1v) is 10.8. The predicted molar refractivity (Wildman–Crippen MR) is 109 cm³/mol. The lowest BCUT2D eigenvalue weighted by Crippen LogP contribution is -2.30. The van der Waals surface area contributed by atoms with Crippen molar-refractivity contribution in [1.29, 1.82) is 0 Å². The monoisotopic (exact) mass is 405 g/mol. The van der Waals surface area contributed by atoms with Gasteiger partial charge in [0.2, 0.25) is 10.0 Å². The average Bonchev–Trinajstić information content (AvgIpc) is 3.13. The Kier molecular flexibility index (Phi) is 5.60. The van der Waals surface area contributed by atoms with Crippen molar-refractivity contribution in [2.24, 2.45) is 0 Å². The van der Waals surface area contributed by atoms with Gasteiger partial charge in [0.1, 0.15) is 5.82 Å². The number of rotatable bonds is 7. The third kappa shape index (κ3) is 3.82. The first-order valence-electron chi connectivity index (χ1n) is 9.33. The Hall–Kier alpha value is -2.23. The molecule has 0 fully saturated rings. The van der Waals surface area contributed by atoms with Crippen LogP contribution in [0.1, 0.15) is 39.4 Å². The summed E-state index contributed by atoms with van der Waals surface area (Å²) in [5.74, 6) is 0.734. The van der Waals surface area contributed by atoms with E-state index in [1.807, 2.05) is 13.1 Å². The number of benzene rings is 1. The number of aliphatic hydroxyl groups excluding tert-OH is 1. The molecule has 2 heterocycles. The molecule has 0 saturated heterocycles. The predicted octanol–water partition coefficient (Wildman–Crippen LogP) is 2.47. The van der Waals surface area contributed by atoms with Gasteiger partial charge in [-0.25, -0.2) is 18.1 Å². The fraction of sp³-hybridized carbons (Fsp3) is 0.474. The van der Waals surface area contributed by atoms with E-state index in [0.717, 1.165) is 22.6 Å². The standard InChI is InChI=1S/C19H27N5O3S/c1-12(2)22-28(26,27)15-6-7-18-17(10-15)20-19(24(18)13(3)4)16-11-23(8-9-25)21-14(16)5/h6-7,10-13,22,25H,8-9H2,1-5H3. The van der Waals surface area contributed by atoms with Crippen LogP contribution in [0.4, 0.5) is 0 Å². The van der Waals surface area contributed by atoms with E-state index in [4.69, 9.17) is 4.98 Å². The van der Waals surface area contributed by atoms with Gasteiger partial charge in [-0.05, 0) is 52.8 Å². The Morgan fingerprint density at radius 3 is 2.54 bits per heavy atom. The molecule has 0 aliphatic rings. The molecule has 0 radical (unpaired) electrons. The molecule has 0 amide bonds. The zero-order chi connectivity index (χ0) is 20.6. The molecule has 0 spiro atoms. The van der Waals surface area contributed by atoms with Crippen molar-refractivity contribution in [2.75, 3.05) is 6.61 Å². The first-order chi connectivity index (χ1) is 13.1. The molecule has 0 saturated carbocycles. The highest BCUT2D eigenvalue weighted by atomic mass is 32.2. The summed E-state index contributed by atoms with van der Waals surface area (Å²) in [6, 6.07) is 4.95. The maximum absolute atomic E-state index is 12.5. The van der Waals surface area contributed by atoms with Gasteiger partial charge in [0.05, 0.1) is 40.3 Å². The van der Waals surface area contributed by atoms with Crippen molar-refractivity contribution in [3.8, 4) is 11.4 Å². The third-order valence-corrected chi connectivity index (χ3v) is 6.05. The minimum atomic E-state index is -3.59. The Morgan fingerprint density at radius 1 is 1.21 bits per heavy atom. The molecular formula is C19H27N5O3S. The van der Waals surface area contributed by atoms with E-state index in [9.17, 15) is 13.5 Å². The summed E-state index contributed by atoms with van der Waals surface area (Å²) in [5.41, 5.74) is 3.15. The lowest BCUT2D eigenvalue weighted by Gasteiger charge is -2.13. The minimum absolute atomic E-state index is 0.00519. The van der Waals surface area contributed by atoms with E-state index in [-0.39, 0.29) is 23.6 Å². The summed E-state index contributed by atoms with van der Waals surface area (Å²) >= 11 is 0. The summed E-state index contributed by atoms with van der Waals surface area (Å²) in [5, 5.41) is 13.6. The number of hydrogen-bond donors (Lipinski definition) is 2. The number of nitrogens with zero attached hydrogens (tertiary/aromatic N) is 4. The molecule has 152 valence electrons. The van der Waals surface area contributed by atoms with Crippen molar-refractivity contribution in [3.05, 3.63) is 30.1 Å². The molecule has 0 aliphatic carbocycles. The summed E-state index contributed by atoms with van der Waals surface area (Å²) in [6.07, 6.45) is 1.86. The Labute approximate surface area is 165 Å². The van der Waals surface area contributed by atoms with Crippen LogP contribution >= 0.6 is 0 Å². The van der Waals surface area contributed by atoms with Gasteiger partial charge in [0.15, 0.2) is 0 Å². The second-order valence-corrected chi connectivity index (χ2v) is 9.15. The number of nitrogens with one attached hydrogen (secondary N) is 1. The number of fused-ring (bicyclic) bond motifs is 1. The molecule has 0 atom stereocenters. The average molecular weight is 406 g/mol. The highest BCUT2D eigenvalue weighted by Gasteiger charge is 2.21. The summed E-state index contributed by atoms with van der Waals surface area (Å²) in [7, 11) is -3.59. The molecule has 2 aromatic heterocycles. The number of imidazole rings is 1. The zero-order valence-corrected chi connectivity index (χ0v) is 17.7. The van der Waals surface area contributed by atoms with Crippen LogP contribution in [0.3, 0.4) is 0 Å². The Morgan fingerprint density at radius 2 is 1.93 bits per heavy atom. The maximum atomic E-state index is 12.5. The first kappa shape index (κ1) is 20.5. The fourth-order valence-corrected chi connectivity index (χ4v) is 4.56. The second-order valence-electron chi connectivity index (χ2n) is 7.44. The van der Waals surface area contributed by atoms with Crippen molar-refractivity contribution < 1.29 is 13.5 Å². The van der Waals surface area contributed by atoms with Gasteiger partial charge in [-0.2, -0.15) is 5.10 Å². The molecular weight excluding hydrogens is 378 g/mol. The van der Waals surface area contributed by atoms with Crippen molar-refractivity contribution >= 4 is 21.1 Å². The maximum Gasteiger partial charge on any atom is 0.240 e. The molecule has 9 heteroatoms. The van der Waals surface area contributed by atoms with Crippen LogP contribution < -0.4 is 4.72 Å². The third-order valence-electron chi connectivity index (χ3n) is 4.39. The van der Waals surface area contributed by atoms with Gasteiger partial charge in [0, 0.05) is 18.3 Å². The van der Waals surface area contributed by atoms with E-state index in [1.165, 1.54) is 0 Å². The largest absolute Gasteiger partial charge is 0.394 e. The van der Waals surface area contributed by atoms with E-state index in [2.05, 4.69) is 28.2 Å². The van der Waals surface area contributed by atoms with Gasteiger partial charge in [-0.3, -0.25) is 4.68 Å². The normalized spacial score (nSPS) is 12.6. The molecule has 0 unspecified atom stereocenters.